The van der Waals surface area contributed by atoms with E-state index in [0.29, 0.717) is 0 Å². The van der Waals surface area contributed by atoms with E-state index in [1.807, 2.05) is 0 Å². The Morgan fingerprint density at radius 3 is 2.29 bits per heavy atom. The molecule has 4 N–H and O–H groups in total. The minimum atomic E-state index is -1.20. The Morgan fingerprint density at radius 2 is 1.81 bits per heavy atom. The molecule has 0 spiro atoms. The number of nitrogens with one attached hydrogen (secondary N) is 1. The summed E-state index contributed by atoms with van der Waals surface area (Å²) < 4.78 is 0. The lowest BCUT2D eigenvalue weighted by Crippen LogP contribution is -2.34. The van der Waals surface area contributed by atoms with Crippen molar-refractivity contribution in [3.8, 4) is 0 Å². The molecule has 0 aliphatic rings. The van der Waals surface area contributed by atoms with Gasteiger partial charge in [0.25, 0.3) is 0 Å². The predicted octanol–water partition coefficient (Wildman–Crippen LogP) is 0.531. The Morgan fingerprint density at radius 1 is 1.24 bits per heavy atom. The van der Waals surface area contributed by atoms with Crippen molar-refractivity contribution in [2.24, 2.45) is 10.9 Å². The van der Waals surface area contributed by atoms with Gasteiger partial charge in [0.15, 0.2) is 5.78 Å². The van der Waals surface area contributed by atoms with Crippen molar-refractivity contribution < 1.29 is 19.5 Å². The highest BCUT2D eigenvalue weighted by molar-refractivity contribution is 6.49. The number of benzene rings is 1. The summed E-state index contributed by atoms with van der Waals surface area (Å²) in [5.74, 6) is 2.89. The van der Waals surface area contributed by atoms with Crippen LogP contribution in [-0.4, -0.2) is 34.5 Å². The lowest BCUT2D eigenvalue weighted by atomic mass is 9.98. The highest BCUT2D eigenvalue weighted by atomic mass is 16.4. The fourth-order valence-electron chi connectivity index (χ4n) is 1.77. The molecule has 1 aromatic carbocycles. The topological polar surface area (TPSA) is 122 Å². The third kappa shape index (κ3) is 4.41. The molecule has 112 valence electrons. The van der Waals surface area contributed by atoms with Crippen molar-refractivity contribution in [1.82, 2.24) is 5.32 Å². The molecule has 1 aromatic rings. The maximum absolute atomic E-state index is 12.1. The second kappa shape index (κ2) is 7.18. The van der Waals surface area contributed by atoms with E-state index in [-0.39, 0.29) is 22.9 Å². The minimum absolute atomic E-state index is 0.0925. The van der Waals surface area contributed by atoms with Crippen molar-refractivity contribution in [3.63, 3.8) is 0 Å². The number of carboxylic acid groups (broad SMARTS) is 1. The summed E-state index contributed by atoms with van der Waals surface area (Å²) in [5.41, 5.74) is -0.235. The molecule has 21 heavy (non-hydrogen) atoms. The van der Waals surface area contributed by atoms with Gasteiger partial charge in [-0.15, -0.1) is 0 Å². The van der Waals surface area contributed by atoms with E-state index in [0.717, 1.165) is 0 Å². The van der Waals surface area contributed by atoms with Crippen LogP contribution in [0.5, 0.6) is 0 Å². The molecule has 1 rings (SSSR count). The Bertz CT molecular complexity index is 594. The SMILES string of the molecule is CC(C)NC(=O)CC(=O)/C(=N/N)c1ccccc1C(=O)O. The van der Waals surface area contributed by atoms with Crippen LogP contribution in [-0.2, 0) is 9.59 Å². The summed E-state index contributed by atoms with van der Waals surface area (Å²) in [7, 11) is 0. The number of hydrazone groups is 1. The normalized spacial score (nSPS) is 11.3. The zero-order valence-corrected chi connectivity index (χ0v) is 11.8. The summed E-state index contributed by atoms with van der Waals surface area (Å²) in [4.78, 5) is 34.8. The molecule has 0 aliphatic carbocycles. The summed E-state index contributed by atoms with van der Waals surface area (Å²) in [6.07, 6.45) is -0.442. The van der Waals surface area contributed by atoms with Crippen LogP contribution in [0.15, 0.2) is 29.4 Å². The van der Waals surface area contributed by atoms with Gasteiger partial charge in [0.1, 0.15) is 5.71 Å². The number of carboxylic acids is 1. The molecule has 7 heteroatoms. The number of rotatable bonds is 6. The van der Waals surface area contributed by atoms with Crippen LogP contribution >= 0.6 is 0 Å². The third-order valence-corrected chi connectivity index (χ3v) is 2.58. The molecule has 0 radical (unpaired) electrons. The number of carbonyl (C=O) groups excluding carboxylic acids is 2. The first-order chi connectivity index (χ1) is 9.86. The summed E-state index contributed by atoms with van der Waals surface area (Å²) in [5, 5.41) is 15.0. The van der Waals surface area contributed by atoms with E-state index in [9.17, 15) is 14.4 Å². The van der Waals surface area contributed by atoms with E-state index in [2.05, 4.69) is 10.4 Å². The highest BCUT2D eigenvalue weighted by Crippen LogP contribution is 2.11. The van der Waals surface area contributed by atoms with Gasteiger partial charge in [-0.3, -0.25) is 9.59 Å². The number of hydrogen-bond acceptors (Lipinski definition) is 5. The van der Waals surface area contributed by atoms with Gasteiger partial charge in [0.2, 0.25) is 5.91 Å². The highest BCUT2D eigenvalue weighted by Gasteiger charge is 2.22. The molecule has 0 fully saturated rings. The maximum atomic E-state index is 12.1. The van der Waals surface area contributed by atoms with E-state index < -0.39 is 24.1 Å². The van der Waals surface area contributed by atoms with Crippen molar-refractivity contribution in [1.29, 1.82) is 0 Å². The Labute approximate surface area is 121 Å². The van der Waals surface area contributed by atoms with Crippen LogP contribution in [0.25, 0.3) is 0 Å². The van der Waals surface area contributed by atoms with Crippen molar-refractivity contribution in [2.75, 3.05) is 0 Å². The van der Waals surface area contributed by atoms with Gasteiger partial charge < -0.3 is 16.3 Å². The average Bonchev–Trinajstić information content (AvgIpc) is 2.38. The number of aromatic carboxylic acids is 1. The van der Waals surface area contributed by atoms with Crippen LogP contribution < -0.4 is 11.2 Å². The molecule has 0 saturated carbocycles. The first-order valence-corrected chi connectivity index (χ1v) is 6.30. The van der Waals surface area contributed by atoms with E-state index >= 15 is 0 Å². The Hall–Kier alpha value is -2.70. The van der Waals surface area contributed by atoms with Crippen LogP contribution in [0.4, 0.5) is 0 Å². The zero-order valence-electron chi connectivity index (χ0n) is 11.8. The molecule has 0 aliphatic heterocycles. The van der Waals surface area contributed by atoms with Crippen molar-refractivity contribution >= 4 is 23.4 Å². The number of nitrogens with two attached hydrogens (primary N) is 1. The fourth-order valence-corrected chi connectivity index (χ4v) is 1.77. The lowest BCUT2D eigenvalue weighted by Gasteiger charge is -2.10. The fraction of sp³-hybridized carbons (Fsp3) is 0.286. The smallest absolute Gasteiger partial charge is 0.336 e. The van der Waals surface area contributed by atoms with Gasteiger partial charge in [-0.25, -0.2) is 4.79 Å². The first-order valence-electron chi connectivity index (χ1n) is 6.30. The molecule has 0 atom stereocenters. The molecule has 0 aromatic heterocycles. The van der Waals surface area contributed by atoms with Gasteiger partial charge in [-0.2, -0.15) is 5.10 Å². The number of amides is 1. The number of nitrogens with zero attached hydrogens (tertiary/aromatic N) is 1. The van der Waals surface area contributed by atoms with Crippen LogP contribution in [0.1, 0.15) is 36.2 Å². The van der Waals surface area contributed by atoms with Gasteiger partial charge >= 0.3 is 5.97 Å². The number of ketones is 1. The van der Waals surface area contributed by atoms with Crippen molar-refractivity contribution in [2.45, 2.75) is 26.3 Å². The third-order valence-electron chi connectivity index (χ3n) is 2.58. The standard InChI is InChI=1S/C14H17N3O4/c1-8(2)16-12(19)7-11(18)13(17-15)9-5-3-4-6-10(9)14(20)21/h3-6,8H,7,15H2,1-2H3,(H,16,19)(H,20,21)/b17-13+. The number of hydrogen-bond donors (Lipinski definition) is 3. The quantitative estimate of drug-likeness (QED) is 0.305. The van der Waals surface area contributed by atoms with E-state index in [1.165, 1.54) is 18.2 Å². The largest absolute Gasteiger partial charge is 0.478 e. The van der Waals surface area contributed by atoms with Gasteiger partial charge in [0.05, 0.1) is 12.0 Å². The molecule has 0 heterocycles. The lowest BCUT2D eigenvalue weighted by molar-refractivity contribution is -0.125. The molecular formula is C14H17N3O4. The van der Waals surface area contributed by atoms with Gasteiger partial charge in [-0.1, -0.05) is 18.2 Å². The molecule has 0 saturated heterocycles. The van der Waals surface area contributed by atoms with E-state index in [1.54, 1.807) is 19.9 Å². The summed E-state index contributed by atoms with van der Waals surface area (Å²) in [6.45, 7) is 3.53. The van der Waals surface area contributed by atoms with Crippen molar-refractivity contribution in [3.05, 3.63) is 35.4 Å². The molecule has 7 nitrogen and oxygen atoms in total. The van der Waals surface area contributed by atoms with Gasteiger partial charge in [-0.05, 0) is 19.9 Å². The zero-order chi connectivity index (χ0) is 16.0. The number of Topliss-reactive ketones (excluding diaryl/α,β-unsaturated/α-hetero) is 1. The molecule has 0 unspecified atom stereocenters. The summed E-state index contributed by atoms with van der Waals surface area (Å²) >= 11 is 0. The first kappa shape index (κ1) is 16.4. The minimum Gasteiger partial charge on any atom is -0.478 e. The maximum Gasteiger partial charge on any atom is 0.336 e. The summed E-state index contributed by atoms with van der Waals surface area (Å²) in [6, 6.07) is 5.75. The molecular weight excluding hydrogens is 274 g/mol. The average molecular weight is 291 g/mol. The van der Waals surface area contributed by atoms with Crippen LogP contribution in [0.3, 0.4) is 0 Å². The monoisotopic (exact) mass is 291 g/mol. The Balaban J connectivity index is 3.02. The molecule has 1 amide bonds. The molecule has 0 bridgehead atoms. The second-order valence-electron chi connectivity index (χ2n) is 4.65. The van der Waals surface area contributed by atoms with E-state index in [4.69, 9.17) is 10.9 Å². The predicted molar refractivity (Wildman–Crippen MR) is 77.0 cm³/mol. The Kier molecular flexibility index (Phi) is 5.59. The van der Waals surface area contributed by atoms with Gasteiger partial charge in [0, 0.05) is 11.6 Å². The van der Waals surface area contributed by atoms with Crippen LogP contribution in [0.2, 0.25) is 0 Å². The second-order valence-corrected chi connectivity index (χ2v) is 4.65. The van der Waals surface area contributed by atoms with Crippen LogP contribution in [0, 0.1) is 0 Å². The number of carbonyl (C=O) groups is 3.